The summed E-state index contributed by atoms with van der Waals surface area (Å²) in [4.78, 5) is 3.96. The van der Waals surface area contributed by atoms with E-state index in [0.717, 1.165) is 12.2 Å². The van der Waals surface area contributed by atoms with Crippen molar-refractivity contribution in [2.45, 2.75) is 26.2 Å². The van der Waals surface area contributed by atoms with Gasteiger partial charge in [0.2, 0.25) is 0 Å². The zero-order valence-electron chi connectivity index (χ0n) is 6.75. The first-order valence-corrected chi connectivity index (χ1v) is 3.95. The molecule has 1 rings (SSSR count). The van der Waals surface area contributed by atoms with Crippen LogP contribution in [0, 0.1) is 0 Å². The summed E-state index contributed by atoms with van der Waals surface area (Å²) in [5.41, 5.74) is 0. The van der Waals surface area contributed by atoms with Crippen molar-refractivity contribution in [1.29, 1.82) is 0 Å². The molecule has 11 heavy (non-hydrogen) atoms. The number of aromatic amines is 1. The van der Waals surface area contributed by atoms with Gasteiger partial charge in [0.15, 0.2) is 0 Å². The summed E-state index contributed by atoms with van der Waals surface area (Å²) in [6.07, 6.45) is 9.19. The van der Waals surface area contributed by atoms with Crippen molar-refractivity contribution in [3.63, 3.8) is 0 Å². The molecule has 1 heterocycles. The molecule has 0 saturated carbocycles. The summed E-state index contributed by atoms with van der Waals surface area (Å²) in [7, 11) is 0. The molecule has 0 aliphatic rings. The van der Waals surface area contributed by atoms with E-state index in [-0.39, 0.29) is 0 Å². The highest BCUT2D eigenvalue weighted by molar-refractivity contribution is 5.37. The Labute approximate surface area is 66.5 Å². The van der Waals surface area contributed by atoms with Gasteiger partial charge in [-0.2, -0.15) is 5.10 Å². The van der Waals surface area contributed by atoms with Crippen molar-refractivity contribution in [1.82, 2.24) is 15.2 Å². The topological polar surface area (TPSA) is 41.6 Å². The Hall–Kier alpha value is -1.12. The lowest BCUT2D eigenvalue weighted by Crippen LogP contribution is -1.74. The highest BCUT2D eigenvalue weighted by Gasteiger charge is 1.85. The van der Waals surface area contributed by atoms with Crippen molar-refractivity contribution >= 4 is 6.08 Å². The van der Waals surface area contributed by atoms with Gasteiger partial charge in [0.1, 0.15) is 12.2 Å². The monoisotopic (exact) mass is 151 g/mol. The van der Waals surface area contributed by atoms with Crippen LogP contribution in [0.4, 0.5) is 0 Å². The fourth-order valence-electron chi connectivity index (χ4n) is 0.812. The van der Waals surface area contributed by atoms with E-state index in [2.05, 4.69) is 28.2 Å². The lowest BCUT2D eigenvalue weighted by Gasteiger charge is -1.86. The molecule has 0 aliphatic heterocycles. The van der Waals surface area contributed by atoms with Gasteiger partial charge in [-0.15, -0.1) is 0 Å². The van der Waals surface area contributed by atoms with Crippen molar-refractivity contribution in [2.24, 2.45) is 0 Å². The first kappa shape index (κ1) is 7.98. The van der Waals surface area contributed by atoms with E-state index in [1.165, 1.54) is 19.2 Å². The molecule has 60 valence electrons. The molecular formula is C8H13N3. The van der Waals surface area contributed by atoms with Crippen molar-refractivity contribution in [3.05, 3.63) is 18.2 Å². The summed E-state index contributed by atoms with van der Waals surface area (Å²) in [6.45, 7) is 2.18. The Kier molecular flexibility index (Phi) is 3.38. The average molecular weight is 151 g/mol. The third-order valence-electron chi connectivity index (χ3n) is 1.43. The lowest BCUT2D eigenvalue weighted by molar-refractivity contribution is 0.816. The largest absolute Gasteiger partial charge is 0.260 e. The van der Waals surface area contributed by atoms with Crippen molar-refractivity contribution in [2.75, 3.05) is 0 Å². The quantitative estimate of drug-likeness (QED) is 0.669. The molecule has 3 nitrogen and oxygen atoms in total. The smallest absolute Gasteiger partial charge is 0.147 e. The number of hydrogen-bond acceptors (Lipinski definition) is 2. The van der Waals surface area contributed by atoms with Crippen LogP contribution in [0.25, 0.3) is 6.08 Å². The molecule has 0 spiro atoms. The minimum absolute atomic E-state index is 0.834. The number of nitrogens with zero attached hydrogens (tertiary/aromatic N) is 2. The Morgan fingerprint density at radius 1 is 1.64 bits per heavy atom. The van der Waals surface area contributed by atoms with E-state index in [4.69, 9.17) is 0 Å². The summed E-state index contributed by atoms with van der Waals surface area (Å²) in [5, 5.41) is 6.50. The molecule has 1 aromatic heterocycles. The maximum atomic E-state index is 3.96. The van der Waals surface area contributed by atoms with Crippen LogP contribution >= 0.6 is 0 Å². The molecule has 0 radical (unpaired) electrons. The molecule has 1 N–H and O–H groups in total. The van der Waals surface area contributed by atoms with Crippen LogP contribution in [0.1, 0.15) is 32.0 Å². The number of H-pyrrole nitrogens is 1. The normalized spacial score (nSPS) is 11.0. The van der Waals surface area contributed by atoms with Gasteiger partial charge < -0.3 is 0 Å². The van der Waals surface area contributed by atoms with E-state index in [1.807, 2.05) is 6.08 Å². The highest BCUT2D eigenvalue weighted by atomic mass is 15.2. The van der Waals surface area contributed by atoms with Crippen molar-refractivity contribution in [3.8, 4) is 0 Å². The molecule has 0 aliphatic carbocycles. The van der Waals surface area contributed by atoms with Gasteiger partial charge in [-0.1, -0.05) is 25.8 Å². The zero-order chi connectivity index (χ0) is 7.94. The number of unbranched alkanes of at least 4 members (excludes halogenated alkanes) is 2. The van der Waals surface area contributed by atoms with Gasteiger partial charge >= 0.3 is 0 Å². The molecule has 0 saturated heterocycles. The molecule has 0 aromatic carbocycles. The second-order valence-corrected chi connectivity index (χ2v) is 2.42. The van der Waals surface area contributed by atoms with Crippen LogP contribution < -0.4 is 0 Å². The Bertz CT molecular complexity index is 201. The minimum Gasteiger partial charge on any atom is -0.260 e. The second-order valence-electron chi connectivity index (χ2n) is 2.42. The van der Waals surface area contributed by atoms with Gasteiger partial charge in [0.05, 0.1) is 0 Å². The highest BCUT2D eigenvalue weighted by Crippen LogP contribution is 1.97. The van der Waals surface area contributed by atoms with Crippen LogP contribution in [-0.2, 0) is 0 Å². The predicted molar refractivity (Wildman–Crippen MR) is 44.9 cm³/mol. The Morgan fingerprint density at radius 2 is 2.55 bits per heavy atom. The summed E-state index contributed by atoms with van der Waals surface area (Å²) in [5.74, 6) is 0.834. The van der Waals surface area contributed by atoms with Crippen LogP contribution in [0.5, 0.6) is 0 Å². The summed E-state index contributed by atoms with van der Waals surface area (Å²) < 4.78 is 0. The first-order valence-electron chi connectivity index (χ1n) is 3.95. The Balaban J connectivity index is 2.25. The fraction of sp³-hybridized carbons (Fsp3) is 0.500. The lowest BCUT2D eigenvalue weighted by atomic mass is 10.2. The third kappa shape index (κ3) is 2.98. The Morgan fingerprint density at radius 3 is 3.18 bits per heavy atom. The minimum atomic E-state index is 0.834. The van der Waals surface area contributed by atoms with Gasteiger partial charge in [-0.25, -0.2) is 4.98 Å². The predicted octanol–water partition coefficient (Wildman–Crippen LogP) is 2.01. The van der Waals surface area contributed by atoms with E-state index in [0.29, 0.717) is 0 Å². The van der Waals surface area contributed by atoms with Crippen molar-refractivity contribution < 1.29 is 0 Å². The van der Waals surface area contributed by atoms with E-state index in [9.17, 15) is 0 Å². The first-order chi connectivity index (χ1) is 5.43. The SMILES string of the molecule is CCCC/C=C/c1ncn[nH]1. The second kappa shape index (κ2) is 4.66. The molecule has 0 amide bonds. The van der Waals surface area contributed by atoms with Gasteiger partial charge in [0.25, 0.3) is 0 Å². The molecule has 1 aromatic rings. The maximum Gasteiger partial charge on any atom is 0.147 e. The third-order valence-corrected chi connectivity index (χ3v) is 1.43. The number of nitrogens with one attached hydrogen (secondary N) is 1. The van der Waals surface area contributed by atoms with E-state index < -0.39 is 0 Å². The summed E-state index contributed by atoms with van der Waals surface area (Å²) >= 11 is 0. The van der Waals surface area contributed by atoms with Crippen LogP contribution in [0.3, 0.4) is 0 Å². The van der Waals surface area contributed by atoms with Gasteiger partial charge in [0, 0.05) is 0 Å². The molecular weight excluding hydrogens is 138 g/mol. The number of aromatic nitrogens is 3. The zero-order valence-corrected chi connectivity index (χ0v) is 6.75. The number of rotatable bonds is 4. The molecule has 0 atom stereocenters. The average Bonchev–Trinajstić information content (AvgIpc) is 2.50. The molecule has 0 bridgehead atoms. The van der Waals surface area contributed by atoms with Crippen LogP contribution in [-0.4, -0.2) is 15.2 Å². The maximum absolute atomic E-state index is 3.96. The van der Waals surface area contributed by atoms with Crippen LogP contribution in [0.15, 0.2) is 12.4 Å². The van der Waals surface area contributed by atoms with E-state index >= 15 is 0 Å². The standard InChI is InChI=1S/C8H13N3/c1-2-3-4-5-6-8-9-7-10-11-8/h5-7H,2-4H2,1H3,(H,9,10,11)/b6-5+. The molecule has 3 heteroatoms. The van der Waals surface area contributed by atoms with Gasteiger partial charge in [-0.3, -0.25) is 5.10 Å². The summed E-state index contributed by atoms with van der Waals surface area (Å²) in [6, 6.07) is 0. The molecule has 0 unspecified atom stereocenters. The fourth-order valence-corrected chi connectivity index (χ4v) is 0.812. The number of allylic oxidation sites excluding steroid dienone is 1. The molecule has 0 fully saturated rings. The van der Waals surface area contributed by atoms with Crippen LogP contribution in [0.2, 0.25) is 0 Å². The number of hydrogen-bond donors (Lipinski definition) is 1. The van der Waals surface area contributed by atoms with E-state index in [1.54, 1.807) is 0 Å². The van der Waals surface area contributed by atoms with Gasteiger partial charge in [-0.05, 0) is 12.5 Å².